The average molecular weight is 388 g/mol. The van der Waals surface area contributed by atoms with Crippen LogP contribution in [0.15, 0.2) is 53.4 Å². The third kappa shape index (κ3) is 4.74. The maximum atomic E-state index is 12.7. The molecule has 0 amide bonds. The summed E-state index contributed by atoms with van der Waals surface area (Å²) in [6.07, 6.45) is 0.962. The number of carbonyl (C=O) groups excluding carboxylic acids is 1. The molecule has 1 aliphatic heterocycles. The largest absolute Gasteiger partial charge is 0.379 e. The highest BCUT2D eigenvalue weighted by Gasteiger charge is 2.26. The van der Waals surface area contributed by atoms with E-state index in [2.05, 4.69) is 12.2 Å². The molecule has 1 heterocycles. The molecule has 6 nitrogen and oxygen atoms in total. The van der Waals surface area contributed by atoms with E-state index in [1.165, 1.54) is 22.0 Å². The van der Waals surface area contributed by atoms with Crippen LogP contribution >= 0.6 is 0 Å². The molecule has 1 N–H and O–H groups in total. The van der Waals surface area contributed by atoms with Gasteiger partial charge in [-0.1, -0.05) is 31.2 Å². The lowest BCUT2D eigenvalue weighted by Gasteiger charge is -2.26. The van der Waals surface area contributed by atoms with E-state index >= 15 is 0 Å². The first-order valence-corrected chi connectivity index (χ1v) is 10.5. The van der Waals surface area contributed by atoms with Crippen LogP contribution in [-0.4, -0.2) is 51.4 Å². The van der Waals surface area contributed by atoms with Crippen molar-refractivity contribution in [1.29, 1.82) is 0 Å². The maximum Gasteiger partial charge on any atom is 0.243 e. The van der Waals surface area contributed by atoms with E-state index in [1.807, 2.05) is 24.3 Å². The molecule has 1 aliphatic rings. The normalized spacial score (nSPS) is 15.4. The molecule has 1 saturated heterocycles. The molecule has 0 saturated carbocycles. The summed E-state index contributed by atoms with van der Waals surface area (Å²) >= 11 is 0. The number of carbonyl (C=O) groups is 1. The van der Waals surface area contributed by atoms with Crippen molar-refractivity contribution in [2.45, 2.75) is 18.2 Å². The summed E-state index contributed by atoms with van der Waals surface area (Å²) in [5.41, 5.74) is 2.47. The number of rotatable bonds is 7. The van der Waals surface area contributed by atoms with Gasteiger partial charge in [-0.2, -0.15) is 4.31 Å². The Morgan fingerprint density at radius 3 is 2.48 bits per heavy atom. The van der Waals surface area contributed by atoms with Gasteiger partial charge in [-0.15, -0.1) is 0 Å². The number of sulfonamides is 1. The van der Waals surface area contributed by atoms with Crippen molar-refractivity contribution in [2.75, 3.05) is 38.2 Å². The van der Waals surface area contributed by atoms with E-state index in [4.69, 9.17) is 4.74 Å². The summed E-state index contributed by atoms with van der Waals surface area (Å²) in [6, 6.07) is 14.1. The van der Waals surface area contributed by atoms with Gasteiger partial charge in [-0.3, -0.25) is 4.79 Å². The number of nitrogens with zero attached hydrogens (tertiary/aromatic N) is 1. The molecule has 3 rings (SSSR count). The van der Waals surface area contributed by atoms with Crippen LogP contribution in [0.4, 0.5) is 5.69 Å². The highest BCUT2D eigenvalue weighted by atomic mass is 32.2. The molecule has 0 atom stereocenters. The van der Waals surface area contributed by atoms with Gasteiger partial charge in [0.1, 0.15) is 0 Å². The van der Waals surface area contributed by atoms with Crippen LogP contribution in [0.2, 0.25) is 0 Å². The first kappa shape index (κ1) is 19.5. The number of hydrogen-bond donors (Lipinski definition) is 1. The number of nitrogens with one attached hydrogen (secondary N) is 1. The first-order chi connectivity index (χ1) is 13.0. The van der Waals surface area contributed by atoms with Crippen molar-refractivity contribution < 1.29 is 17.9 Å². The van der Waals surface area contributed by atoms with Crippen LogP contribution < -0.4 is 5.32 Å². The fourth-order valence-electron chi connectivity index (χ4n) is 2.91. The van der Waals surface area contributed by atoms with E-state index in [-0.39, 0.29) is 17.2 Å². The Morgan fingerprint density at radius 1 is 1.11 bits per heavy atom. The van der Waals surface area contributed by atoms with E-state index in [0.717, 1.165) is 12.1 Å². The van der Waals surface area contributed by atoms with Crippen molar-refractivity contribution in [3.63, 3.8) is 0 Å². The fourth-order valence-corrected chi connectivity index (χ4v) is 4.36. The van der Waals surface area contributed by atoms with Crippen LogP contribution in [0.1, 0.15) is 22.8 Å². The number of Topliss-reactive ketones (excluding diaryl/α,β-unsaturated/α-hetero) is 1. The topological polar surface area (TPSA) is 75.7 Å². The molecule has 0 aliphatic carbocycles. The number of aryl methyl sites for hydroxylation is 1. The average Bonchev–Trinajstić information content (AvgIpc) is 2.73. The van der Waals surface area contributed by atoms with Crippen molar-refractivity contribution >= 4 is 21.5 Å². The summed E-state index contributed by atoms with van der Waals surface area (Å²) in [4.78, 5) is 12.6. The van der Waals surface area contributed by atoms with Gasteiger partial charge in [0.15, 0.2) is 5.78 Å². The van der Waals surface area contributed by atoms with Crippen LogP contribution in [0.5, 0.6) is 0 Å². The molecule has 1 fully saturated rings. The Kier molecular flexibility index (Phi) is 6.26. The van der Waals surface area contributed by atoms with Crippen molar-refractivity contribution in [3.8, 4) is 0 Å². The summed E-state index contributed by atoms with van der Waals surface area (Å²) in [7, 11) is -3.61. The molecule has 0 unspecified atom stereocenters. The third-order valence-corrected chi connectivity index (χ3v) is 6.47. The fraction of sp³-hybridized carbons (Fsp3) is 0.350. The minimum Gasteiger partial charge on any atom is -0.379 e. The van der Waals surface area contributed by atoms with Gasteiger partial charge in [0.25, 0.3) is 0 Å². The lowest BCUT2D eigenvalue weighted by Crippen LogP contribution is -2.40. The first-order valence-electron chi connectivity index (χ1n) is 9.04. The third-order valence-electron chi connectivity index (χ3n) is 4.58. The molecule has 0 radical (unpaired) electrons. The summed E-state index contributed by atoms with van der Waals surface area (Å²) in [5, 5.41) is 3.09. The van der Waals surface area contributed by atoms with E-state index in [9.17, 15) is 13.2 Å². The van der Waals surface area contributed by atoms with E-state index in [1.54, 1.807) is 12.1 Å². The number of ketones is 1. The summed E-state index contributed by atoms with van der Waals surface area (Å²) < 4.78 is 32.1. The number of anilines is 1. The highest BCUT2D eigenvalue weighted by molar-refractivity contribution is 7.89. The Hall–Kier alpha value is -2.22. The highest BCUT2D eigenvalue weighted by Crippen LogP contribution is 2.19. The van der Waals surface area contributed by atoms with Gasteiger partial charge in [0.2, 0.25) is 10.0 Å². The molecule has 0 bridgehead atoms. The Balaban J connectivity index is 1.69. The van der Waals surface area contributed by atoms with Gasteiger partial charge in [-0.05, 0) is 36.2 Å². The van der Waals surface area contributed by atoms with Crippen LogP contribution in [-0.2, 0) is 21.2 Å². The molecule has 144 valence electrons. The van der Waals surface area contributed by atoms with Crippen molar-refractivity contribution in [1.82, 2.24) is 4.31 Å². The molecule has 2 aromatic carbocycles. The zero-order valence-electron chi connectivity index (χ0n) is 15.3. The molecule has 0 aromatic heterocycles. The molecular weight excluding hydrogens is 364 g/mol. The second kappa shape index (κ2) is 8.65. The SMILES string of the molecule is CCc1ccc(NCC(=O)c2cccc(S(=O)(=O)N3CCOCC3)c2)cc1. The van der Waals surface area contributed by atoms with Gasteiger partial charge < -0.3 is 10.1 Å². The van der Waals surface area contributed by atoms with Gasteiger partial charge in [0, 0.05) is 24.3 Å². The predicted octanol–water partition coefficient (Wildman–Crippen LogP) is 2.56. The predicted molar refractivity (Wildman–Crippen MR) is 105 cm³/mol. The zero-order chi connectivity index (χ0) is 19.3. The van der Waals surface area contributed by atoms with Gasteiger partial charge in [0.05, 0.1) is 24.7 Å². The summed E-state index contributed by atoms with van der Waals surface area (Å²) in [6.45, 7) is 3.62. The number of morpholine rings is 1. The maximum absolute atomic E-state index is 12.7. The van der Waals surface area contributed by atoms with Gasteiger partial charge >= 0.3 is 0 Å². The zero-order valence-corrected chi connectivity index (χ0v) is 16.2. The van der Waals surface area contributed by atoms with Crippen LogP contribution in [0.25, 0.3) is 0 Å². The standard InChI is InChI=1S/C20H24N2O4S/c1-2-16-6-8-18(9-7-16)21-15-20(23)17-4-3-5-19(14-17)27(24,25)22-10-12-26-13-11-22/h3-9,14,21H,2,10-13,15H2,1H3. The smallest absolute Gasteiger partial charge is 0.243 e. The lowest BCUT2D eigenvalue weighted by atomic mass is 10.1. The van der Waals surface area contributed by atoms with E-state index in [0.29, 0.717) is 31.9 Å². The van der Waals surface area contributed by atoms with E-state index < -0.39 is 10.0 Å². The molecule has 0 spiro atoms. The minimum atomic E-state index is -3.61. The van der Waals surface area contributed by atoms with Gasteiger partial charge in [-0.25, -0.2) is 8.42 Å². The second-order valence-corrected chi connectivity index (χ2v) is 8.31. The molecule has 27 heavy (non-hydrogen) atoms. The lowest BCUT2D eigenvalue weighted by molar-refractivity contribution is 0.0730. The quantitative estimate of drug-likeness (QED) is 0.738. The van der Waals surface area contributed by atoms with Crippen molar-refractivity contribution in [3.05, 3.63) is 59.7 Å². The van der Waals surface area contributed by atoms with Crippen LogP contribution in [0.3, 0.4) is 0 Å². The minimum absolute atomic E-state index is 0.104. The second-order valence-electron chi connectivity index (χ2n) is 6.37. The molecule has 7 heteroatoms. The number of benzene rings is 2. The molecule has 2 aromatic rings. The number of ether oxygens (including phenoxy) is 1. The molecular formula is C20H24N2O4S. The Bertz CT molecular complexity index is 888. The summed E-state index contributed by atoms with van der Waals surface area (Å²) in [5.74, 6) is -0.159. The Labute approximate surface area is 160 Å². The number of hydrogen-bond acceptors (Lipinski definition) is 5. The monoisotopic (exact) mass is 388 g/mol. The van der Waals surface area contributed by atoms with Crippen LogP contribution in [0, 0.1) is 0 Å². The Morgan fingerprint density at radius 2 is 1.81 bits per heavy atom. The van der Waals surface area contributed by atoms with Crippen molar-refractivity contribution in [2.24, 2.45) is 0 Å².